The molecule has 0 spiro atoms. The lowest BCUT2D eigenvalue weighted by atomic mass is 10.1. The molecule has 3 aromatic rings. The first-order valence-corrected chi connectivity index (χ1v) is 10.5. The SMILES string of the molecule is CCOC(=O)N1CCN(C(c2cccs2)c2sc3nc(C)nn3c2O)CC1. The van der Waals surface area contributed by atoms with Crippen LogP contribution < -0.4 is 0 Å². The van der Waals surface area contributed by atoms with E-state index in [0.717, 1.165) is 9.75 Å². The highest BCUT2D eigenvalue weighted by Gasteiger charge is 2.33. The van der Waals surface area contributed by atoms with Crippen LogP contribution in [0.4, 0.5) is 4.79 Å². The lowest BCUT2D eigenvalue weighted by molar-refractivity contribution is 0.0719. The first-order valence-electron chi connectivity index (χ1n) is 8.82. The average molecular weight is 408 g/mol. The number of fused-ring (bicyclic) bond motifs is 1. The van der Waals surface area contributed by atoms with Crippen molar-refractivity contribution >= 4 is 33.7 Å². The van der Waals surface area contributed by atoms with Gasteiger partial charge in [-0.2, -0.15) is 4.52 Å². The molecule has 0 radical (unpaired) electrons. The molecule has 1 unspecified atom stereocenters. The highest BCUT2D eigenvalue weighted by Crippen LogP contribution is 2.41. The van der Waals surface area contributed by atoms with Gasteiger partial charge in [0.2, 0.25) is 10.8 Å². The molecule has 1 saturated heterocycles. The summed E-state index contributed by atoms with van der Waals surface area (Å²) in [5, 5.41) is 17.1. The zero-order valence-electron chi connectivity index (χ0n) is 15.2. The van der Waals surface area contributed by atoms with Gasteiger partial charge in [0, 0.05) is 31.1 Å². The molecule has 1 atom stereocenters. The van der Waals surface area contributed by atoms with Crippen LogP contribution in [0.15, 0.2) is 17.5 Å². The fraction of sp³-hybridized carbons (Fsp3) is 0.471. The van der Waals surface area contributed by atoms with Crippen molar-refractivity contribution in [3.8, 4) is 5.88 Å². The first-order chi connectivity index (χ1) is 13.1. The van der Waals surface area contributed by atoms with Gasteiger partial charge in [0.05, 0.1) is 17.5 Å². The third-order valence-corrected chi connectivity index (χ3v) is 6.57. The maximum atomic E-state index is 12.0. The van der Waals surface area contributed by atoms with Gasteiger partial charge in [-0.25, -0.2) is 9.78 Å². The van der Waals surface area contributed by atoms with Gasteiger partial charge in [0.25, 0.3) is 0 Å². The topological polar surface area (TPSA) is 83.2 Å². The molecule has 3 aromatic heterocycles. The summed E-state index contributed by atoms with van der Waals surface area (Å²) in [4.78, 5) is 23.0. The minimum Gasteiger partial charge on any atom is -0.492 e. The normalized spacial score (nSPS) is 16.7. The van der Waals surface area contributed by atoms with Crippen molar-refractivity contribution < 1.29 is 14.6 Å². The second-order valence-electron chi connectivity index (χ2n) is 6.28. The van der Waals surface area contributed by atoms with E-state index in [9.17, 15) is 9.90 Å². The van der Waals surface area contributed by atoms with Crippen LogP contribution in [0.5, 0.6) is 5.88 Å². The van der Waals surface area contributed by atoms with Crippen LogP contribution in [0, 0.1) is 6.92 Å². The molecule has 1 aliphatic heterocycles. The molecule has 1 fully saturated rings. The Hall–Kier alpha value is -2.17. The van der Waals surface area contributed by atoms with Crippen molar-refractivity contribution in [3.63, 3.8) is 0 Å². The van der Waals surface area contributed by atoms with Gasteiger partial charge >= 0.3 is 6.09 Å². The number of rotatable bonds is 4. The lowest BCUT2D eigenvalue weighted by Gasteiger charge is -2.38. The fourth-order valence-electron chi connectivity index (χ4n) is 3.33. The Morgan fingerprint density at radius 1 is 1.37 bits per heavy atom. The number of amides is 1. The van der Waals surface area contributed by atoms with E-state index in [2.05, 4.69) is 21.0 Å². The molecular formula is C17H21N5O3S2. The fourth-order valence-corrected chi connectivity index (χ4v) is 5.42. The number of carbonyl (C=O) groups excluding carboxylic acids is 1. The van der Waals surface area contributed by atoms with Gasteiger partial charge in [0.1, 0.15) is 5.82 Å². The number of nitrogens with zero attached hydrogens (tertiary/aromatic N) is 5. The molecule has 1 N–H and O–H groups in total. The van der Waals surface area contributed by atoms with Crippen LogP contribution in [0.3, 0.4) is 0 Å². The molecular weight excluding hydrogens is 386 g/mol. The van der Waals surface area contributed by atoms with E-state index in [-0.39, 0.29) is 18.0 Å². The molecule has 27 heavy (non-hydrogen) atoms. The van der Waals surface area contributed by atoms with Crippen LogP contribution in [0.25, 0.3) is 4.96 Å². The predicted molar refractivity (Wildman–Crippen MR) is 104 cm³/mol. The molecule has 8 nitrogen and oxygen atoms in total. The number of aromatic nitrogens is 3. The van der Waals surface area contributed by atoms with E-state index in [1.165, 1.54) is 15.9 Å². The molecule has 0 aromatic carbocycles. The number of hydrogen-bond acceptors (Lipinski definition) is 8. The average Bonchev–Trinajstić information content (AvgIpc) is 3.36. The van der Waals surface area contributed by atoms with Crippen LogP contribution >= 0.6 is 22.7 Å². The minimum atomic E-state index is -0.262. The Kier molecular flexibility index (Phi) is 5.02. The second-order valence-corrected chi connectivity index (χ2v) is 8.27. The van der Waals surface area contributed by atoms with Gasteiger partial charge in [-0.15, -0.1) is 16.4 Å². The molecule has 1 amide bonds. The number of hydrogen-bond donors (Lipinski definition) is 1. The third kappa shape index (κ3) is 3.40. The van der Waals surface area contributed by atoms with Crippen molar-refractivity contribution in [2.24, 2.45) is 0 Å². The standard InChI is InChI=1S/C17H21N5O3S2/c1-3-25-17(24)21-8-6-20(7-9-21)13(12-5-4-10-26-12)14-15(23)22-16(27-14)18-11(2)19-22/h4-5,10,13,23H,3,6-9H2,1-2H3. The van der Waals surface area contributed by atoms with Crippen LogP contribution in [0.2, 0.25) is 0 Å². The lowest BCUT2D eigenvalue weighted by Crippen LogP contribution is -2.49. The number of aromatic hydroxyl groups is 1. The Morgan fingerprint density at radius 2 is 2.15 bits per heavy atom. The first kappa shape index (κ1) is 18.2. The smallest absolute Gasteiger partial charge is 0.409 e. The highest BCUT2D eigenvalue weighted by atomic mass is 32.1. The number of ether oxygens (including phenoxy) is 1. The number of aryl methyl sites for hydroxylation is 1. The van der Waals surface area contributed by atoms with Crippen LogP contribution in [0.1, 0.15) is 28.5 Å². The van der Waals surface area contributed by atoms with Gasteiger partial charge in [0.15, 0.2) is 0 Å². The summed E-state index contributed by atoms with van der Waals surface area (Å²) >= 11 is 3.12. The maximum absolute atomic E-state index is 12.0. The van der Waals surface area contributed by atoms with Crippen molar-refractivity contribution in [1.29, 1.82) is 0 Å². The third-order valence-electron chi connectivity index (χ3n) is 4.57. The minimum absolute atomic E-state index is 0.0804. The van der Waals surface area contributed by atoms with E-state index in [0.29, 0.717) is 43.6 Å². The second kappa shape index (κ2) is 7.45. The van der Waals surface area contributed by atoms with Crippen molar-refractivity contribution in [2.75, 3.05) is 32.8 Å². The zero-order chi connectivity index (χ0) is 19.0. The Morgan fingerprint density at radius 3 is 2.78 bits per heavy atom. The largest absolute Gasteiger partial charge is 0.492 e. The molecule has 4 rings (SSSR count). The molecule has 10 heteroatoms. The highest BCUT2D eigenvalue weighted by molar-refractivity contribution is 7.17. The molecule has 1 aliphatic rings. The summed E-state index contributed by atoms with van der Waals surface area (Å²) in [7, 11) is 0. The number of thiazole rings is 1. The van der Waals surface area contributed by atoms with E-state index in [1.807, 2.05) is 25.3 Å². The quantitative estimate of drug-likeness (QED) is 0.716. The van der Waals surface area contributed by atoms with Gasteiger partial charge < -0.3 is 14.7 Å². The summed E-state index contributed by atoms with van der Waals surface area (Å²) in [6, 6.07) is 4.01. The van der Waals surface area contributed by atoms with Crippen LogP contribution in [-0.2, 0) is 4.74 Å². The Balaban J connectivity index is 1.62. The Bertz CT molecular complexity index is 928. The van der Waals surface area contributed by atoms with E-state index in [4.69, 9.17) is 4.74 Å². The van der Waals surface area contributed by atoms with Crippen LogP contribution in [-0.4, -0.2) is 68.4 Å². The van der Waals surface area contributed by atoms with Gasteiger partial charge in [-0.05, 0) is 25.3 Å². The summed E-state index contributed by atoms with van der Waals surface area (Å²) < 4.78 is 6.61. The molecule has 0 saturated carbocycles. The van der Waals surface area contributed by atoms with Crippen molar-refractivity contribution in [2.45, 2.75) is 19.9 Å². The molecule has 144 valence electrons. The summed E-state index contributed by atoms with van der Waals surface area (Å²) in [6.45, 7) is 6.60. The van der Waals surface area contributed by atoms with E-state index in [1.54, 1.807) is 16.2 Å². The van der Waals surface area contributed by atoms with Crippen molar-refractivity contribution in [3.05, 3.63) is 33.1 Å². The monoisotopic (exact) mass is 407 g/mol. The van der Waals surface area contributed by atoms with Gasteiger partial charge in [-0.3, -0.25) is 4.90 Å². The number of carbonyl (C=O) groups is 1. The summed E-state index contributed by atoms with van der Waals surface area (Å²) in [5.41, 5.74) is 0. The summed E-state index contributed by atoms with van der Waals surface area (Å²) in [6.07, 6.45) is -0.262. The number of piperazine rings is 1. The van der Waals surface area contributed by atoms with Crippen molar-refractivity contribution in [1.82, 2.24) is 24.4 Å². The predicted octanol–water partition coefficient (Wildman–Crippen LogP) is 2.73. The zero-order valence-corrected chi connectivity index (χ0v) is 16.8. The molecule has 4 heterocycles. The Labute approximate surface area is 164 Å². The molecule has 0 aliphatic carbocycles. The summed E-state index contributed by atoms with van der Waals surface area (Å²) in [5.74, 6) is 0.778. The number of thiophene rings is 1. The van der Waals surface area contributed by atoms with Gasteiger partial charge in [-0.1, -0.05) is 17.4 Å². The van der Waals surface area contributed by atoms with E-state index < -0.39 is 0 Å². The molecule has 0 bridgehead atoms. The maximum Gasteiger partial charge on any atom is 0.409 e. The van der Waals surface area contributed by atoms with E-state index >= 15 is 0 Å².